The number of rotatable bonds is 9. The Balaban J connectivity index is 1.79. The molecule has 2 rings (SSSR count). The van der Waals surface area contributed by atoms with Crippen LogP contribution >= 0.6 is 0 Å². The summed E-state index contributed by atoms with van der Waals surface area (Å²) in [6.07, 6.45) is 4.15. The molecular weight excluding hydrogens is 384 g/mol. The van der Waals surface area contributed by atoms with E-state index in [9.17, 15) is 14.4 Å². The summed E-state index contributed by atoms with van der Waals surface area (Å²) < 4.78 is 10.8. The van der Waals surface area contributed by atoms with Crippen LogP contribution in [0.2, 0.25) is 0 Å². The average molecular weight is 419 g/mol. The quantitative estimate of drug-likeness (QED) is 0.491. The lowest BCUT2D eigenvalue weighted by atomic mass is 9.97. The van der Waals surface area contributed by atoms with Gasteiger partial charge in [-0.25, -0.2) is 0 Å². The first-order chi connectivity index (χ1) is 14.3. The van der Waals surface area contributed by atoms with Crippen molar-refractivity contribution in [1.82, 2.24) is 10.2 Å². The summed E-state index contributed by atoms with van der Waals surface area (Å²) in [5, 5.41) is 2.53. The fourth-order valence-corrected chi connectivity index (χ4v) is 3.65. The van der Waals surface area contributed by atoms with Crippen molar-refractivity contribution in [3.05, 3.63) is 29.8 Å². The predicted molar refractivity (Wildman–Crippen MR) is 114 cm³/mol. The number of esters is 1. The highest BCUT2D eigenvalue weighted by Crippen LogP contribution is 2.23. The molecule has 1 heterocycles. The number of benzene rings is 1. The molecule has 1 aliphatic rings. The van der Waals surface area contributed by atoms with Crippen LogP contribution in [0.1, 0.15) is 70.2 Å². The van der Waals surface area contributed by atoms with Crippen molar-refractivity contribution in [3.63, 3.8) is 0 Å². The molecular formula is C23H34N2O5. The second-order valence-corrected chi connectivity index (χ2v) is 7.92. The molecule has 166 valence electrons. The van der Waals surface area contributed by atoms with Gasteiger partial charge in [0.05, 0.1) is 6.61 Å². The Labute approximate surface area is 179 Å². The maximum Gasteiger partial charge on any atom is 0.326 e. The Hall–Kier alpha value is -2.57. The first-order valence-electron chi connectivity index (χ1n) is 10.9. The third-order valence-corrected chi connectivity index (χ3v) is 5.38. The topological polar surface area (TPSA) is 84.9 Å². The molecule has 1 fully saturated rings. The van der Waals surface area contributed by atoms with Crippen LogP contribution in [0.25, 0.3) is 0 Å². The van der Waals surface area contributed by atoms with Gasteiger partial charge >= 0.3 is 5.97 Å². The largest absolute Gasteiger partial charge is 0.494 e. The van der Waals surface area contributed by atoms with Crippen molar-refractivity contribution < 1.29 is 23.9 Å². The fourth-order valence-electron chi connectivity index (χ4n) is 3.65. The molecule has 0 aromatic heterocycles. The highest BCUT2D eigenvalue weighted by molar-refractivity contribution is 5.96. The maximum atomic E-state index is 12.7. The van der Waals surface area contributed by atoms with Crippen LogP contribution < -0.4 is 10.1 Å². The van der Waals surface area contributed by atoms with Crippen molar-refractivity contribution in [1.29, 1.82) is 0 Å². The molecule has 1 aromatic carbocycles. The summed E-state index contributed by atoms with van der Waals surface area (Å²) in [7, 11) is 0. The second-order valence-electron chi connectivity index (χ2n) is 7.92. The van der Waals surface area contributed by atoms with Crippen LogP contribution in [0.5, 0.6) is 5.75 Å². The van der Waals surface area contributed by atoms with Gasteiger partial charge in [0.2, 0.25) is 0 Å². The second kappa shape index (κ2) is 11.6. The summed E-state index contributed by atoms with van der Waals surface area (Å²) in [5.74, 6) is -0.508. The molecule has 0 unspecified atom stereocenters. The Bertz CT molecular complexity index is 709. The Morgan fingerprint density at radius 1 is 1.13 bits per heavy atom. The average Bonchev–Trinajstić information content (AvgIpc) is 2.72. The van der Waals surface area contributed by atoms with E-state index in [0.717, 1.165) is 32.1 Å². The number of carbonyl (C=O) groups excluding carboxylic acids is 3. The van der Waals surface area contributed by atoms with Gasteiger partial charge < -0.3 is 19.7 Å². The first kappa shape index (κ1) is 23.7. The Kier molecular flexibility index (Phi) is 9.15. The summed E-state index contributed by atoms with van der Waals surface area (Å²) in [5.41, 5.74) is 0.422. The fraction of sp³-hybridized carbons (Fsp3) is 0.609. The molecule has 0 aliphatic carbocycles. The number of amides is 2. The number of unbranched alkanes of at least 4 members (excludes halogenated alkanes) is 1. The van der Waals surface area contributed by atoms with Crippen molar-refractivity contribution in [2.45, 2.75) is 78.0 Å². The number of likely N-dealkylation sites (tertiary alicyclic amines) is 1. The van der Waals surface area contributed by atoms with Gasteiger partial charge in [-0.1, -0.05) is 13.3 Å². The SMILES string of the molecule is CCCCOc1ccc(C(=O)NCC(=O)O[C@@H](C)C(=O)N2[C@@H](C)CCC[C@@H]2C)cc1. The number of ether oxygens (including phenoxy) is 2. The van der Waals surface area contributed by atoms with Crippen molar-refractivity contribution in [2.24, 2.45) is 0 Å². The number of piperidine rings is 1. The van der Waals surface area contributed by atoms with E-state index in [2.05, 4.69) is 12.2 Å². The highest BCUT2D eigenvalue weighted by atomic mass is 16.5. The van der Waals surface area contributed by atoms with E-state index >= 15 is 0 Å². The van der Waals surface area contributed by atoms with Crippen LogP contribution in [0, 0.1) is 0 Å². The van der Waals surface area contributed by atoms with E-state index in [-0.39, 0.29) is 30.4 Å². The molecule has 0 radical (unpaired) electrons. The van der Waals surface area contributed by atoms with Crippen LogP contribution in [0.15, 0.2) is 24.3 Å². The molecule has 3 atom stereocenters. The summed E-state index contributed by atoms with van der Waals surface area (Å²) in [6, 6.07) is 7.02. The van der Waals surface area contributed by atoms with Crippen molar-refractivity contribution >= 4 is 17.8 Å². The van der Waals surface area contributed by atoms with E-state index in [1.165, 1.54) is 0 Å². The zero-order valence-electron chi connectivity index (χ0n) is 18.5. The summed E-state index contributed by atoms with van der Waals surface area (Å²) in [6.45, 7) is 8.04. The molecule has 2 amide bonds. The van der Waals surface area contributed by atoms with Gasteiger partial charge in [0, 0.05) is 17.6 Å². The zero-order chi connectivity index (χ0) is 22.1. The Morgan fingerprint density at radius 3 is 2.37 bits per heavy atom. The standard InChI is InChI=1S/C23H34N2O5/c1-5-6-14-29-20-12-10-19(11-13-20)22(27)24-15-21(26)30-18(4)23(28)25-16(2)8-7-9-17(25)3/h10-13,16-18H,5-9,14-15H2,1-4H3,(H,24,27)/t16-,17-,18-/m0/s1. The van der Waals surface area contributed by atoms with Gasteiger partial charge in [-0.15, -0.1) is 0 Å². The van der Waals surface area contributed by atoms with Gasteiger partial charge in [0.15, 0.2) is 6.10 Å². The monoisotopic (exact) mass is 418 g/mol. The predicted octanol–water partition coefficient (Wildman–Crippen LogP) is 3.32. The van der Waals surface area contributed by atoms with Crippen LogP contribution in [0.3, 0.4) is 0 Å². The molecule has 0 bridgehead atoms. The molecule has 1 aliphatic heterocycles. The highest BCUT2D eigenvalue weighted by Gasteiger charge is 2.33. The molecule has 0 spiro atoms. The third-order valence-electron chi connectivity index (χ3n) is 5.38. The van der Waals surface area contributed by atoms with E-state index in [0.29, 0.717) is 17.9 Å². The summed E-state index contributed by atoms with van der Waals surface area (Å²) in [4.78, 5) is 38.9. The molecule has 1 aromatic rings. The number of hydrogen-bond acceptors (Lipinski definition) is 5. The van der Waals surface area contributed by atoms with Crippen LogP contribution in [-0.4, -0.2) is 54.0 Å². The van der Waals surface area contributed by atoms with Crippen LogP contribution in [-0.2, 0) is 14.3 Å². The maximum absolute atomic E-state index is 12.7. The van der Waals surface area contributed by atoms with E-state index in [4.69, 9.17) is 9.47 Å². The number of hydrogen-bond donors (Lipinski definition) is 1. The van der Waals surface area contributed by atoms with Gasteiger partial charge in [-0.3, -0.25) is 14.4 Å². The first-order valence-corrected chi connectivity index (χ1v) is 10.9. The number of carbonyl (C=O) groups is 3. The smallest absolute Gasteiger partial charge is 0.326 e. The summed E-state index contributed by atoms with van der Waals surface area (Å²) >= 11 is 0. The zero-order valence-corrected chi connectivity index (χ0v) is 18.5. The lowest BCUT2D eigenvalue weighted by Crippen LogP contribution is -2.51. The van der Waals surface area contributed by atoms with E-state index in [1.807, 2.05) is 18.7 Å². The van der Waals surface area contributed by atoms with Crippen LogP contribution in [0.4, 0.5) is 0 Å². The third kappa shape index (κ3) is 6.75. The van der Waals surface area contributed by atoms with Crippen molar-refractivity contribution in [2.75, 3.05) is 13.2 Å². The minimum atomic E-state index is -0.878. The molecule has 0 saturated carbocycles. The normalized spacial score (nSPS) is 19.7. The molecule has 7 heteroatoms. The molecule has 7 nitrogen and oxygen atoms in total. The number of nitrogens with one attached hydrogen (secondary N) is 1. The number of nitrogens with zero attached hydrogens (tertiary/aromatic N) is 1. The lowest BCUT2D eigenvalue weighted by Gasteiger charge is -2.40. The minimum absolute atomic E-state index is 0.135. The van der Waals surface area contributed by atoms with Gasteiger partial charge in [-0.2, -0.15) is 0 Å². The molecule has 1 N–H and O–H groups in total. The van der Waals surface area contributed by atoms with Crippen molar-refractivity contribution in [3.8, 4) is 5.75 Å². The lowest BCUT2D eigenvalue weighted by molar-refractivity contribution is -0.161. The Morgan fingerprint density at radius 2 is 1.77 bits per heavy atom. The van der Waals surface area contributed by atoms with Gasteiger partial charge in [0.25, 0.3) is 11.8 Å². The van der Waals surface area contributed by atoms with E-state index < -0.39 is 12.1 Å². The van der Waals surface area contributed by atoms with E-state index in [1.54, 1.807) is 31.2 Å². The minimum Gasteiger partial charge on any atom is -0.494 e. The van der Waals surface area contributed by atoms with Gasteiger partial charge in [0.1, 0.15) is 12.3 Å². The molecule has 1 saturated heterocycles. The van der Waals surface area contributed by atoms with Gasteiger partial charge in [-0.05, 0) is 70.7 Å². The molecule has 30 heavy (non-hydrogen) atoms.